The van der Waals surface area contributed by atoms with Crippen LogP contribution in [-0.4, -0.2) is 47.9 Å². The number of rotatable bonds is 10. The van der Waals surface area contributed by atoms with Crippen molar-refractivity contribution in [3.63, 3.8) is 0 Å². The van der Waals surface area contributed by atoms with E-state index in [1.54, 1.807) is 0 Å². The summed E-state index contributed by atoms with van der Waals surface area (Å²) in [5.41, 5.74) is 4.35. The molecular formula is C33H31N2O5PS. The molecule has 9 heteroatoms. The van der Waals surface area contributed by atoms with Crippen LogP contribution in [0.4, 0.5) is 4.79 Å². The predicted molar refractivity (Wildman–Crippen MR) is 169 cm³/mol. The molecule has 3 N–H and O–H groups in total. The number of carbonyl (C=O) groups excluding carboxylic acids is 2. The minimum atomic E-state index is -2.63. The number of ether oxygens (including phenoxy) is 1. The van der Waals surface area contributed by atoms with Crippen LogP contribution in [0.5, 0.6) is 0 Å². The third kappa shape index (κ3) is 6.15. The first-order chi connectivity index (χ1) is 20.3. The van der Waals surface area contributed by atoms with Gasteiger partial charge in [-0.2, -0.15) is 0 Å². The van der Waals surface area contributed by atoms with Crippen LogP contribution >= 0.6 is 6.04 Å². The molecule has 4 aromatic rings. The standard InChI is InChI=1S/C33H31N2O5PS/c1-22(32(37)38)34-31(36)30(21-41(42,23-12-4-2-5-13-23)24-14-6-3-7-15-24)35-33(39)40-20-29-27-18-10-8-16-25(27)26-17-9-11-19-28(26)29/h2-19,22,29-30H,20-21H2,1H3,(H,34,36)(H,35,39)(H,37,38)/t22-,30-/m0/s1. The molecule has 1 aliphatic rings. The van der Waals surface area contributed by atoms with Crippen LogP contribution in [-0.2, 0) is 26.1 Å². The minimum absolute atomic E-state index is 0.0747. The fourth-order valence-corrected chi connectivity index (χ4v) is 9.28. The number of carbonyl (C=O) groups is 3. The summed E-state index contributed by atoms with van der Waals surface area (Å²) in [5.74, 6) is -1.98. The Hall–Kier alpha value is -4.26. The minimum Gasteiger partial charge on any atom is -0.480 e. The van der Waals surface area contributed by atoms with Crippen molar-refractivity contribution in [3.8, 4) is 11.1 Å². The van der Waals surface area contributed by atoms with Crippen LogP contribution in [0.1, 0.15) is 24.0 Å². The van der Waals surface area contributed by atoms with Crippen molar-refractivity contribution >= 4 is 46.4 Å². The number of amides is 2. The van der Waals surface area contributed by atoms with E-state index < -0.39 is 36.1 Å². The first-order valence-corrected chi connectivity index (χ1v) is 16.6. The van der Waals surface area contributed by atoms with Crippen molar-refractivity contribution in [2.45, 2.75) is 24.9 Å². The Labute approximate surface area is 249 Å². The molecule has 0 heterocycles. The van der Waals surface area contributed by atoms with Gasteiger partial charge in [-0.3, -0.25) is 9.59 Å². The molecule has 1 aliphatic carbocycles. The lowest BCUT2D eigenvalue weighted by molar-refractivity contribution is -0.141. The van der Waals surface area contributed by atoms with Crippen molar-refractivity contribution in [1.29, 1.82) is 0 Å². The van der Waals surface area contributed by atoms with Gasteiger partial charge in [0.15, 0.2) is 0 Å². The molecule has 0 saturated carbocycles. The highest BCUT2D eigenvalue weighted by atomic mass is 32.4. The number of nitrogens with one attached hydrogen (secondary N) is 2. The molecule has 0 radical (unpaired) electrons. The second-order valence-electron chi connectivity index (χ2n) is 10.2. The van der Waals surface area contributed by atoms with Crippen molar-refractivity contribution in [1.82, 2.24) is 10.6 Å². The molecule has 0 fully saturated rings. The Morgan fingerprint density at radius 3 is 1.76 bits per heavy atom. The Bertz CT molecular complexity index is 1560. The molecule has 4 aromatic carbocycles. The van der Waals surface area contributed by atoms with Crippen LogP contribution in [0, 0.1) is 0 Å². The molecule has 0 saturated heterocycles. The zero-order chi connectivity index (χ0) is 29.7. The van der Waals surface area contributed by atoms with E-state index in [1.807, 2.05) is 97.1 Å². The molecule has 0 bridgehead atoms. The van der Waals surface area contributed by atoms with Crippen LogP contribution < -0.4 is 21.2 Å². The summed E-state index contributed by atoms with van der Waals surface area (Å²) in [6, 6.07) is 30.2. The number of aliphatic carboxylic acids is 1. The predicted octanol–water partition coefficient (Wildman–Crippen LogP) is 4.61. The second kappa shape index (κ2) is 12.7. The average Bonchev–Trinajstić information content (AvgIpc) is 3.34. The Balaban J connectivity index is 1.40. The summed E-state index contributed by atoms with van der Waals surface area (Å²) in [7, 11) is 0. The van der Waals surface area contributed by atoms with Gasteiger partial charge >= 0.3 is 12.1 Å². The lowest BCUT2D eigenvalue weighted by Crippen LogP contribution is -2.53. The van der Waals surface area contributed by atoms with Gasteiger partial charge in [0.25, 0.3) is 0 Å². The lowest BCUT2D eigenvalue weighted by Gasteiger charge is -2.29. The van der Waals surface area contributed by atoms with E-state index in [2.05, 4.69) is 22.8 Å². The van der Waals surface area contributed by atoms with Gasteiger partial charge in [-0.05, 0) is 39.8 Å². The van der Waals surface area contributed by atoms with Crippen LogP contribution in [0.3, 0.4) is 0 Å². The highest BCUT2D eigenvalue weighted by molar-refractivity contribution is 8.22. The third-order valence-electron chi connectivity index (χ3n) is 7.47. The van der Waals surface area contributed by atoms with Crippen LogP contribution in [0.15, 0.2) is 109 Å². The monoisotopic (exact) mass is 598 g/mol. The second-order valence-corrected chi connectivity index (χ2v) is 14.9. The molecule has 0 aromatic heterocycles. The lowest BCUT2D eigenvalue weighted by atomic mass is 9.98. The molecule has 214 valence electrons. The normalized spacial score (nSPS) is 13.7. The number of alkyl carbamates (subject to hydrolysis) is 1. The fourth-order valence-electron chi connectivity index (χ4n) is 5.31. The van der Waals surface area contributed by atoms with Crippen molar-refractivity contribution < 1.29 is 24.2 Å². The number of hydrogen-bond donors (Lipinski definition) is 3. The van der Waals surface area contributed by atoms with E-state index in [-0.39, 0.29) is 18.7 Å². The van der Waals surface area contributed by atoms with E-state index in [1.165, 1.54) is 6.92 Å². The number of fused-ring (bicyclic) bond motifs is 3. The summed E-state index contributed by atoms with van der Waals surface area (Å²) in [6.45, 7) is 1.44. The summed E-state index contributed by atoms with van der Waals surface area (Å²) < 4.78 is 5.73. The number of carboxylic acid groups (broad SMARTS) is 1. The number of benzene rings is 4. The van der Waals surface area contributed by atoms with E-state index in [4.69, 9.17) is 16.5 Å². The Morgan fingerprint density at radius 1 is 0.786 bits per heavy atom. The van der Waals surface area contributed by atoms with Gasteiger partial charge in [0.2, 0.25) is 5.91 Å². The van der Waals surface area contributed by atoms with E-state index in [0.717, 1.165) is 32.9 Å². The Kier molecular flexibility index (Phi) is 8.86. The molecule has 7 nitrogen and oxygen atoms in total. The van der Waals surface area contributed by atoms with E-state index in [9.17, 15) is 19.5 Å². The summed E-state index contributed by atoms with van der Waals surface area (Å²) in [6.07, 6.45) is -0.679. The highest BCUT2D eigenvalue weighted by Crippen LogP contribution is 2.45. The van der Waals surface area contributed by atoms with Crippen LogP contribution in [0.2, 0.25) is 0 Å². The average molecular weight is 599 g/mol. The van der Waals surface area contributed by atoms with Crippen molar-refractivity contribution in [2.75, 3.05) is 12.8 Å². The fraction of sp³-hybridized carbons (Fsp3) is 0.182. The van der Waals surface area contributed by atoms with Gasteiger partial charge in [0, 0.05) is 18.1 Å². The van der Waals surface area contributed by atoms with Gasteiger partial charge in [-0.15, -0.1) is 0 Å². The van der Waals surface area contributed by atoms with E-state index in [0.29, 0.717) is 0 Å². The number of hydrogen-bond acceptors (Lipinski definition) is 5. The number of carboxylic acids is 1. The van der Waals surface area contributed by atoms with Gasteiger partial charge in [-0.25, -0.2) is 4.79 Å². The van der Waals surface area contributed by atoms with E-state index >= 15 is 0 Å². The topological polar surface area (TPSA) is 105 Å². The largest absolute Gasteiger partial charge is 0.480 e. The molecule has 0 spiro atoms. The molecule has 2 atom stereocenters. The van der Waals surface area contributed by atoms with Gasteiger partial charge in [-0.1, -0.05) is 121 Å². The smallest absolute Gasteiger partial charge is 0.407 e. The van der Waals surface area contributed by atoms with Gasteiger partial charge in [0.1, 0.15) is 18.7 Å². The molecule has 5 rings (SSSR count). The summed E-state index contributed by atoms with van der Waals surface area (Å²) >= 11 is 6.31. The maximum absolute atomic E-state index is 13.4. The molecular weight excluding hydrogens is 567 g/mol. The summed E-state index contributed by atoms with van der Waals surface area (Å²) in [5, 5.41) is 16.4. The first-order valence-electron chi connectivity index (χ1n) is 13.6. The first kappa shape index (κ1) is 29.2. The van der Waals surface area contributed by atoms with Gasteiger partial charge < -0.3 is 20.5 Å². The molecule has 2 amide bonds. The maximum Gasteiger partial charge on any atom is 0.407 e. The quantitative estimate of drug-likeness (QED) is 0.230. The zero-order valence-electron chi connectivity index (χ0n) is 23.0. The maximum atomic E-state index is 13.4. The van der Waals surface area contributed by atoms with Crippen molar-refractivity contribution in [2.24, 2.45) is 0 Å². The summed E-state index contributed by atoms with van der Waals surface area (Å²) in [4.78, 5) is 38.2. The Morgan fingerprint density at radius 2 is 1.26 bits per heavy atom. The molecule has 42 heavy (non-hydrogen) atoms. The van der Waals surface area contributed by atoms with Crippen LogP contribution in [0.25, 0.3) is 11.1 Å². The van der Waals surface area contributed by atoms with Crippen molar-refractivity contribution in [3.05, 3.63) is 120 Å². The molecule has 0 aliphatic heterocycles. The SMILES string of the molecule is C[C@H](NC(=O)[C@H](CP(=S)(c1ccccc1)c1ccccc1)NC(=O)OCC1c2ccccc2-c2ccccc21)C(=O)O. The third-order valence-corrected chi connectivity index (χ3v) is 12.3. The zero-order valence-corrected chi connectivity index (χ0v) is 24.7. The molecule has 0 unspecified atom stereocenters. The van der Waals surface area contributed by atoms with Gasteiger partial charge in [0.05, 0.1) is 0 Å². The highest BCUT2D eigenvalue weighted by Gasteiger charge is 2.34.